The molecule has 1 unspecified atom stereocenters. The lowest BCUT2D eigenvalue weighted by Crippen LogP contribution is -2.38. The zero-order chi connectivity index (χ0) is 14.7. The van der Waals surface area contributed by atoms with E-state index < -0.39 is 18.3 Å². The largest absolute Gasteiger partial charge is 0.573 e. The summed E-state index contributed by atoms with van der Waals surface area (Å²) in [7, 11) is 0. The molecule has 0 aliphatic rings. The Morgan fingerprint density at radius 1 is 1.16 bits per heavy atom. The Balaban J connectivity index is 2.82. The van der Waals surface area contributed by atoms with Gasteiger partial charge >= 0.3 is 6.36 Å². The molecule has 0 radical (unpaired) electrons. The van der Waals surface area contributed by atoms with Gasteiger partial charge in [0.1, 0.15) is 11.9 Å². The summed E-state index contributed by atoms with van der Waals surface area (Å²) in [6.45, 7) is 5.45. The minimum atomic E-state index is -4.83. The van der Waals surface area contributed by atoms with Crippen LogP contribution in [0, 0.1) is 0 Å². The van der Waals surface area contributed by atoms with Crippen molar-refractivity contribution in [3.8, 4) is 5.75 Å². The molecular formula is C13H17F4NO. The van der Waals surface area contributed by atoms with E-state index in [9.17, 15) is 17.6 Å². The molecule has 1 rings (SSSR count). The molecule has 1 N–H and O–H groups in total. The Kier molecular flexibility index (Phi) is 4.79. The van der Waals surface area contributed by atoms with Crippen molar-refractivity contribution >= 4 is 0 Å². The summed E-state index contributed by atoms with van der Waals surface area (Å²) in [4.78, 5) is 0. The zero-order valence-corrected chi connectivity index (χ0v) is 11.0. The second-order valence-electron chi connectivity index (χ2n) is 5.18. The maximum Gasteiger partial charge on any atom is 0.573 e. The van der Waals surface area contributed by atoms with Gasteiger partial charge in [-0.15, -0.1) is 13.2 Å². The van der Waals surface area contributed by atoms with Crippen molar-refractivity contribution in [2.24, 2.45) is 0 Å². The fourth-order valence-corrected chi connectivity index (χ4v) is 1.46. The Morgan fingerprint density at radius 3 is 2.26 bits per heavy atom. The highest BCUT2D eigenvalue weighted by atomic mass is 19.4. The van der Waals surface area contributed by atoms with E-state index in [2.05, 4.69) is 10.1 Å². The Hall–Kier alpha value is -1.30. The average molecular weight is 279 g/mol. The van der Waals surface area contributed by atoms with E-state index in [-0.39, 0.29) is 17.6 Å². The van der Waals surface area contributed by atoms with Crippen LogP contribution in [-0.4, -0.2) is 18.4 Å². The number of alkyl halides is 4. The van der Waals surface area contributed by atoms with E-state index in [0.29, 0.717) is 0 Å². The summed E-state index contributed by atoms with van der Waals surface area (Å²) in [5.74, 6) is -0.502. The van der Waals surface area contributed by atoms with Gasteiger partial charge in [-0.05, 0) is 26.8 Å². The van der Waals surface area contributed by atoms with E-state index in [4.69, 9.17) is 0 Å². The van der Waals surface area contributed by atoms with Crippen LogP contribution in [0.2, 0.25) is 0 Å². The van der Waals surface area contributed by atoms with Crippen LogP contribution in [0.5, 0.6) is 5.75 Å². The topological polar surface area (TPSA) is 21.3 Å². The first kappa shape index (κ1) is 15.8. The van der Waals surface area contributed by atoms with E-state index in [1.54, 1.807) is 0 Å². The van der Waals surface area contributed by atoms with Crippen molar-refractivity contribution < 1.29 is 22.3 Å². The number of hydrogen-bond acceptors (Lipinski definition) is 2. The van der Waals surface area contributed by atoms with Crippen molar-refractivity contribution in [3.63, 3.8) is 0 Å². The molecule has 0 heterocycles. The van der Waals surface area contributed by atoms with Crippen LogP contribution < -0.4 is 10.1 Å². The quantitative estimate of drug-likeness (QED) is 0.842. The summed E-state index contributed by atoms with van der Waals surface area (Å²) in [6.07, 6.45) is -6.40. The maximum atomic E-state index is 14.0. The number of benzene rings is 1. The maximum absolute atomic E-state index is 14.0. The predicted octanol–water partition coefficient (Wildman–Crippen LogP) is 3.98. The molecule has 0 aliphatic carbocycles. The van der Waals surface area contributed by atoms with Crippen molar-refractivity contribution in [1.82, 2.24) is 5.32 Å². The number of halogens is 4. The van der Waals surface area contributed by atoms with Crippen molar-refractivity contribution in [2.45, 2.75) is 38.8 Å². The first-order valence-electron chi connectivity index (χ1n) is 5.82. The van der Waals surface area contributed by atoms with Gasteiger partial charge in [-0.25, -0.2) is 4.39 Å². The molecule has 0 fully saturated rings. The summed E-state index contributed by atoms with van der Waals surface area (Å²) < 4.78 is 54.4. The molecule has 0 aromatic heterocycles. The van der Waals surface area contributed by atoms with Crippen LogP contribution in [0.3, 0.4) is 0 Å². The summed E-state index contributed by atoms with van der Waals surface area (Å²) >= 11 is 0. The molecule has 0 aliphatic heterocycles. The molecule has 1 aromatic carbocycles. The number of para-hydroxylation sites is 1. The summed E-state index contributed by atoms with van der Waals surface area (Å²) in [6, 6.07) is 5.24. The highest BCUT2D eigenvalue weighted by Gasteiger charge is 2.33. The molecule has 0 bridgehead atoms. The third-order valence-corrected chi connectivity index (χ3v) is 2.29. The Labute approximate surface area is 109 Å². The van der Waals surface area contributed by atoms with E-state index in [0.717, 1.165) is 6.07 Å². The minimum Gasteiger partial charge on any atom is -0.405 e. The van der Waals surface area contributed by atoms with Crippen LogP contribution in [0.25, 0.3) is 0 Å². The van der Waals surface area contributed by atoms with Crippen LogP contribution in [-0.2, 0) is 0 Å². The number of rotatable bonds is 4. The van der Waals surface area contributed by atoms with Crippen molar-refractivity contribution in [3.05, 3.63) is 29.8 Å². The second kappa shape index (κ2) is 5.77. The van der Waals surface area contributed by atoms with E-state index >= 15 is 0 Å². The van der Waals surface area contributed by atoms with Gasteiger partial charge in [0.25, 0.3) is 0 Å². The first-order chi connectivity index (χ1) is 8.58. The molecule has 108 valence electrons. The molecule has 6 heteroatoms. The highest BCUT2D eigenvalue weighted by Crippen LogP contribution is 2.31. The smallest absolute Gasteiger partial charge is 0.405 e. The van der Waals surface area contributed by atoms with E-state index in [1.165, 1.54) is 18.2 Å². The fraction of sp³-hybridized carbons (Fsp3) is 0.538. The SMILES string of the molecule is CC(C)(C)NCC(F)c1ccccc1OC(F)(F)F. The molecule has 0 spiro atoms. The first-order valence-corrected chi connectivity index (χ1v) is 5.82. The minimum absolute atomic E-state index is 0.0816. The van der Waals surface area contributed by atoms with Crippen LogP contribution in [0.4, 0.5) is 17.6 Å². The van der Waals surface area contributed by atoms with E-state index in [1.807, 2.05) is 20.8 Å². The fourth-order valence-electron chi connectivity index (χ4n) is 1.46. The van der Waals surface area contributed by atoms with Gasteiger partial charge in [0.2, 0.25) is 0 Å². The van der Waals surface area contributed by atoms with Gasteiger partial charge in [-0.3, -0.25) is 0 Å². The third kappa shape index (κ3) is 5.92. The average Bonchev–Trinajstić information content (AvgIpc) is 2.23. The third-order valence-electron chi connectivity index (χ3n) is 2.29. The predicted molar refractivity (Wildman–Crippen MR) is 64.7 cm³/mol. The molecule has 1 aromatic rings. The highest BCUT2D eigenvalue weighted by molar-refractivity contribution is 5.35. The molecule has 0 amide bonds. The monoisotopic (exact) mass is 279 g/mol. The van der Waals surface area contributed by atoms with Gasteiger partial charge in [-0.2, -0.15) is 0 Å². The lowest BCUT2D eigenvalue weighted by atomic mass is 10.1. The normalized spacial score (nSPS) is 14.3. The summed E-state index contributed by atoms with van der Waals surface area (Å²) in [5.41, 5.74) is -0.430. The standard InChI is InChI=1S/C13H17F4NO/c1-12(2,3)18-8-10(14)9-6-4-5-7-11(9)19-13(15,16)17/h4-7,10,18H,8H2,1-3H3. The zero-order valence-electron chi connectivity index (χ0n) is 11.0. The van der Waals surface area contributed by atoms with Gasteiger partial charge in [0, 0.05) is 17.6 Å². The molecule has 1 atom stereocenters. The van der Waals surface area contributed by atoms with Crippen LogP contribution >= 0.6 is 0 Å². The van der Waals surface area contributed by atoms with Gasteiger partial charge < -0.3 is 10.1 Å². The number of nitrogens with one attached hydrogen (secondary N) is 1. The second-order valence-corrected chi connectivity index (χ2v) is 5.18. The van der Waals surface area contributed by atoms with Crippen molar-refractivity contribution in [1.29, 1.82) is 0 Å². The lowest BCUT2D eigenvalue weighted by molar-refractivity contribution is -0.275. The van der Waals surface area contributed by atoms with Gasteiger partial charge in [0.15, 0.2) is 0 Å². The molecule has 0 saturated carbocycles. The molecular weight excluding hydrogens is 262 g/mol. The molecule has 19 heavy (non-hydrogen) atoms. The Morgan fingerprint density at radius 2 is 1.74 bits per heavy atom. The van der Waals surface area contributed by atoms with Crippen LogP contribution in [0.15, 0.2) is 24.3 Å². The lowest BCUT2D eigenvalue weighted by Gasteiger charge is -2.23. The van der Waals surface area contributed by atoms with Gasteiger partial charge in [-0.1, -0.05) is 18.2 Å². The molecule has 0 saturated heterocycles. The van der Waals surface area contributed by atoms with Crippen LogP contribution in [0.1, 0.15) is 32.5 Å². The number of hydrogen-bond donors (Lipinski definition) is 1. The Bertz CT molecular complexity index is 412. The van der Waals surface area contributed by atoms with Crippen molar-refractivity contribution in [2.75, 3.05) is 6.54 Å². The summed E-state index contributed by atoms with van der Waals surface area (Å²) in [5, 5.41) is 2.90. The number of ether oxygens (including phenoxy) is 1. The van der Waals surface area contributed by atoms with Gasteiger partial charge in [0.05, 0.1) is 0 Å². The molecule has 2 nitrogen and oxygen atoms in total.